The fourth-order valence-corrected chi connectivity index (χ4v) is 3.92. The third-order valence-corrected chi connectivity index (χ3v) is 5.04. The SMILES string of the molecule is CC(C)SC1=C(c2ccccc2)C(=O)N(CC2CCCO2)C1=O. The van der Waals surface area contributed by atoms with Crippen molar-refractivity contribution in [3.63, 3.8) is 0 Å². The van der Waals surface area contributed by atoms with Crippen LogP contribution in [0, 0.1) is 0 Å². The van der Waals surface area contributed by atoms with E-state index in [4.69, 9.17) is 4.74 Å². The molecule has 1 unspecified atom stereocenters. The summed E-state index contributed by atoms with van der Waals surface area (Å²) in [5.41, 5.74) is 1.34. The fourth-order valence-electron chi connectivity index (χ4n) is 2.92. The second-order valence-corrected chi connectivity index (χ2v) is 7.68. The Kier molecular flexibility index (Phi) is 4.87. The molecular weight excluding hydrogens is 310 g/mol. The van der Waals surface area contributed by atoms with Gasteiger partial charge >= 0.3 is 0 Å². The minimum absolute atomic E-state index is 0.0247. The molecule has 2 aliphatic heterocycles. The lowest BCUT2D eigenvalue weighted by Gasteiger charge is -2.19. The molecule has 4 nitrogen and oxygen atoms in total. The molecule has 0 bridgehead atoms. The van der Waals surface area contributed by atoms with Crippen LogP contribution in [0.5, 0.6) is 0 Å². The average Bonchev–Trinajstić information content (AvgIpc) is 3.11. The summed E-state index contributed by atoms with van der Waals surface area (Å²) in [4.78, 5) is 27.6. The number of amides is 2. The summed E-state index contributed by atoms with van der Waals surface area (Å²) in [6, 6.07) is 9.46. The van der Waals surface area contributed by atoms with Crippen molar-refractivity contribution in [2.24, 2.45) is 0 Å². The summed E-state index contributed by atoms with van der Waals surface area (Å²) >= 11 is 1.47. The molecule has 0 aliphatic carbocycles. The molecule has 0 radical (unpaired) electrons. The van der Waals surface area contributed by atoms with Crippen LogP contribution in [0.2, 0.25) is 0 Å². The molecule has 0 N–H and O–H groups in total. The highest BCUT2D eigenvalue weighted by atomic mass is 32.2. The Morgan fingerprint density at radius 3 is 2.57 bits per heavy atom. The number of imide groups is 1. The van der Waals surface area contributed by atoms with Crippen LogP contribution >= 0.6 is 11.8 Å². The van der Waals surface area contributed by atoms with Crippen molar-refractivity contribution in [2.45, 2.75) is 38.0 Å². The average molecular weight is 331 g/mol. The van der Waals surface area contributed by atoms with Gasteiger partial charge in [0.1, 0.15) is 0 Å². The predicted molar refractivity (Wildman–Crippen MR) is 91.8 cm³/mol. The van der Waals surface area contributed by atoms with Crippen molar-refractivity contribution in [3.8, 4) is 0 Å². The highest BCUT2D eigenvalue weighted by Crippen LogP contribution is 2.38. The highest BCUT2D eigenvalue weighted by molar-refractivity contribution is 8.04. The molecule has 0 saturated carbocycles. The van der Waals surface area contributed by atoms with Crippen LogP contribution in [0.3, 0.4) is 0 Å². The molecule has 23 heavy (non-hydrogen) atoms. The van der Waals surface area contributed by atoms with Crippen LogP contribution in [0.4, 0.5) is 0 Å². The van der Waals surface area contributed by atoms with E-state index in [2.05, 4.69) is 0 Å². The smallest absolute Gasteiger partial charge is 0.268 e. The Labute approximate surface area is 140 Å². The number of hydrogen-bond donors (Lipinski definition) is 0. The van der Waals surface area contributed by atoms with Gasteiger partial charge in [-0.25, -0.2) is 0 Å². The molecule has 1 fully saturated rings. The summed E-state index contributed by atoms with van der Waals surface area (Å²) in [5, 5.41) is 0.239. The second kappa shape index (κ2) is 6.89. The van der Waals surface area contributed by atoms with E-state index in [-0.39, 0.29) is 23.2 Å². The van der Waals surface area contributed by atoms with Gasteiger partial charge in [0.25, 0.3) is 11.8 Å². The second-order valence-electron chi connectivity index (χ2n) is 6.09. The molecule has 1 saturated heterocycles. The standard InChI is InChI=1S/C18H21NO3S/c1-12(2)23-16-15(13-7-4-3-5-8-13)17(20)19(18(16)21)11-14-9-6-10-22-14/h3-5,7-8,12,14H,6,9-11H2,1-2H3. The van der Waals surface area contributed by atoms with Gasteiger partial charge in [-0.3, -0.25) is 14.5 Å². The molecule has 3 rings (SSSR count). The van der Waals surface area contributed by atoms with Crippen LogP contribution in [0.25, 0.3) is 5.57 Å². The third kappa shape index (κ3) is 3.35. The van der Waals surface area contributed by atoms with Crippen molar-refractivity contribution in [1.82, 2.24) is 4.90 Å². The third-order valence-electron chi connectivity index (χ3n) is 3.95. The Hall–Kier alpha value is -1.59. The lowest BCUT2D eigenvalue weighted by atomic mass is 10.1. The number of carbonyl (C=O) groups is 2. The van der Waals surface area contributed by atoms with E-state index in [1.165, 1.54) is 16.7 Å². The first-order valence-corrected chi connectivity index (χ1v) is 8.90. The molecule has 2 aliphatic rings. The van der Waals surface area contributed by atoms with Crippen LogP contribution in [-0.4, -0.2) is 41.2 Å². The van der Waals surface area contributed by atoms with Gasteiger partial charge in [-0.15, -0.1) is 11.8 Å². The predicted octanol–water partition coefficient (Wildman–Crippen LogP) is 3.09. The zero-order chi connectivity index (χ0) is 16.4. The molecular formula is C18H21NO3S. The highest BCUT2D eigenvalue weighted by Gasteiger charge is 2.40. The van der Waals surface area contributed by atoms with Gasteiger partial charge in [-0.2, -0.15) is 0 Å². The quantitative estimate of drug-likeness (QED) is 0.778. The number of carbonyl (C=O) groups excluding carboxylic acids is 2. The summed E-state index contributed by atoms with van der Waals surface area (Å²) in [5.74, 6) is -0.372. The maximum Gasteiger partial charge on any atom is 0.268 e. The van der Waals surface area contributed by atoms with Gasteiger partial charge in [-0.1, -0.05) is 44.2 Å². The summed E-state index contributed by atoms with van der Waals surface area (Å²) in [6.07, 6.45) is 1.88. The molecule has 2 heterocycles. The number of thioether (sulfide) groups is 1. The van der Waals surface area contributed by atoms with Crippen LogP contribution in [-0.2, 0) is 14.3 Å². The van der Waals surface area contributed by atoms with E-state index in [9.17, 15) is 9.59 Å². The van der Waals surface area contributed by atoms with Crippen LogP contribution in [0.15, 0.2) is 35.2 Å². The number of benzene rings is 1. The largest absolute Gasteiger partial charge is 0.376 e. The van der Waals surface area contributed by atoms with Gasteiger partial charge in [-0.05, 0) is 18.4 Å². The van der Waals surface area contributed by atoms with Crippen molar-refractivity contribution in [3.05, 3.63) is 40.8 Å². The van der Waals surface area contributed by atoms with Gasteiger partial charge in [0, 0.05) is 11.9 Å². The van der Waals surface area contributed by atoms with Crippen molar-refractivity contribution in [1.29, 1.82) is 0 Å². The molecule has 5 heteroatoms. The van der Waals surface area contributed by atoms with Gasteiger partial charge < -0.3 is 4.74 Å². The van der Waals surface area contributed by atoms with E-state index >= 15 is 0 Å². The van der Waals surface area contributed by atoms with Crippen LogP contribution < -0.4 is 0 Å². The lowest BCUT2D eigenvalue weighted by molar-refractivity contribution is -0.138. The Bertz CT molecular complexity index is 633. The van der Waals surface area contributed by atoms with E-state index in [0.29, 0.717) is 23.6 Å². The van der Waals surface area contributed by atoms with E-state index in [0.717, 1.165) is 18.4 Å². The lowest BCUT2D eigenvalue weighted by Crippen LogP contribution is -2.37. The molecule has 0 spiro atoms. The maximum absolute atomic E-state index is 12.9. The number of rotatable bonds is 5. The summed E-state index contributed by atoms with van der Waals surface area (Å²) in [6.45, 7) is 5.13. The molecule has 2 amide bonds. The molecule has 1 atom stereocenters. The Morgan fingerprint density at radius 1 is 1.22 bits per heavy atom. The summed E-state index contributed by atoms with van der Waals surface area (Å²) < 4.78 is 5.60. The topological polar surface area (TPSA) is 46.6 Å². The first-order chi connectivity index (χ1) is 11.1. The van der Waals surface area contributed by atoms with Gasteiger partial charge in [0.15, 0.2) is 0 Å². The Balaban J connectivity index is 1.92. The van der Waals surface area contributed by atoms with Crippen molar-refractivity contribution in [2.75, 3.05) is 13.2 Å². The zero-order valence-electron chi connectivity index (χ0n) is 13.5. The number of nitrogens with zero attached hydrogens (tertiary/aromatic N) is 1. The molecule has 0 aromatic heterocycles. The molecule has 122 valence electrons. The van der Waals surface area contributed by atoms with E-state index in [1.807, 2.05) is 44.2 Å². The monoisotopic (exact) mass is 331 g/mol. The number of hydrogen-bond acceptors (Lipinski definition) is 4. The zero-order valence-corrected chi connectivity index (χ0v) is 14.3. The van der Waals surface area contributed by atoms with E-state index in [1.54, 1.807) is 0 Å². The van der Waals surface area contributed by atoms with Crippen LogP contribution in [0.1, 0.15) is 32.3 Å². The minimum atomic E-state index is -0.195. The first kappa shape index (κ1) is 16.3. The van der Waals surface area contributed by atoms with Gasteiger partial charge in [0.2, 0.25) is 0 Å². The number of ether oxygens (including phenoxy) is 1. The van der Waals surface area contributed by atoms with Gasteiger partial charge in [0.05, 0.1) is 23.1 Å². The normalized spacial score (nSPS) is 21.9. The fraction of sp³-hybridized carbons (Fsp3) is 0.444. The van der Waals surface area contributed by atoms with E-state index < -0.39 is 0 Å². The first-order valence-electron chi connectivity index (χ1n) is 8.02. The van der Waals surface area contributed by atoms with Crippen molar-refractivity contribution >= 4 is 29.1 Å². The Morgan fingerprint density at radius 2 is 1.96 bits per heavy atom. The van der Waals surface area contributed by atoms with Crippen molar-refractivity contribution < 1.29 is 14.3 Å². The summed E-state index contributed by atoms with van der Waals surface area (Å²) in [7, 11) is 0. The minimum Gasteiger partial charge on any atom is -0.376 e. The molecule has 1 aromatic carbocycles. The molecule has 1 aromatic rings. The maximum atomic E-state index is 12.9.